The molecule has 0 aromatic heterocycles. The molecular formula is C24H26IN. The van der Waals surface area contributed by atoms with Gasteiger partial charge in [0.25, 0.3) is 0 Å². The van der Waals surface area contributed by atoms with Crippen molar-refractivity contribution >= 4 is 28.3 Å². The fourth-order valence-electron chi connectivity index (χ4n) is 3.77. The van der Waals surface area contributed by atoms with Gasteiger partial charge in [0.15, 0.2) is 0 Å². The van der Waals surface area contributed by atoms with E-state index in [9.17, 15) is 0 Å². The molecule has 0 saturated heterocycles. The molecule has 0 amide bonds. The number of aryl methyl sites for hydroxylation is 5. The van der Waals surface area contributed by atoms with E-state index in [0.717, 1.165) is 6.54 Å². The van der Waals surface area contributed by atoms with Gasteiger partial charge in [0.1, 0.15) is 0 Å². The molecule has 134 valence electrons. The van der Waals surface area contributed by atoms with Crippen LogP contribution < -0.4 is 5.32 Å². The van der Waals surface area contributed by atoms with Gasteiger partial charge in [-0.2, -0.15) is 0 Å². The van der Waals surface area contributed by atoms with Crippen LogP contribution in [0.3, 0.4) is 0 Å². The first-order valence-corrected chi connectivity index (χ1v) is 10.1. The van der Waals surface area contributed by atoms with Gasteiger partial charge in [-0.15, -0.1) is 0 Å². The number of nitrogens with one attached hydrogen (secondary N) is 1. The average molecular weight is 455 g/mol. The lowest BCUT2D eigenvalue weighted by Crippen LogP contribution is -2.06. The molecule has 0 heterocycles. The summed E-state index contributed by atoms with van der Waals surface area (Å²) < 4.78 is 1.29. The van der Waals surface area contributed by atoms with E-state index in [1.54, 1.807) is 0 Å². The van der Waals surface area contributed by atoms with Crippen LogP contribution >= 0.6 is 22.6 Å². The van der Waals surface area contributed by atoms with Crippen molar-refractivity contribution in [3.63, 3.8) is 0 Å². The molecule has 0 aliphatic heterocycles. The van der Waals surface area contributed by atoms with Crippen molar-refractivity contribution in [1.29, 1.82) is 0 Å². The summed E-state index contributed by atoms with van der Waals surface area (Å²) in [5, 5.41) is 3.72. The third-order valence-electron chi connectivity index (χ3n) is 5.04. The van der Waals surface area contributed by atoms with Crippen LogP contribution in [0.15, 0.2) is 48.5 Å². The van der Waals surface area contributed by atoms with Crippen LogP contribution in [0.25, 0.3) is 11.1 Å². The van der Waals surface area contributed by atoms with E-state index in [1.807, 2.05) is 0 Å². The van der Waals surface area contributed by atoms with Gasteiger partial charge >= 0.3 is 0 Å². The molecule has 0 aliphatic rings. The Morgan fingerprint density at radius 1 is 0.731 bits per heavy atom. The van der Waals surface area contributed by atoms with Crippen molar-refractivity contribution in [2.45, 2.75) is 41.2 Å². The minimum atomic E-state index is 0.844. The van der Waals surface area contributed by atoms with Crippen molar-refractivity contribution in [3.05, 3.63) is 85.5 Å². The maximum absolute atomic E-state index is 3.72. The summed E-state index contributed by atoms with van der Waals surface area (Å²) in [5.41, 5.74) is 11.9. The Bertz CT molecular complexity index is 913. The van der Waals surface area contributed by atoms with Crippen LogP contribution in [0.4, 0.5) is 5.69 Å². The molecule has 0 aliphatic carbocycles. The van der Waals surface area contributed by atoms with E-state index in [4.69, 9.17) is 0 Å². The zero-order valence-corrected chi connectivity index (χ0v) is 18.4. The molecule has 0 radical (unpaired) electrons. The third-order valence-corrected chi connectivity index (χ3v) is 5.94. The van der Waals surface area contributed by atoms with Gasteiger partial charge < -0.3 is 5.32 Å². The minimum Gasteiger partial charge on any atom is -0.380 e. The van der Waals surface area contributed by atoms with Crippen LogP contribution in [0.5, 0.6) is 0 Å². The Kier molecular flexibility index (Phi) is 5.71. The van der Waals surface area contributed by atoms with Crippen molar-refractivity contribution in [1.82, 2.24) is 0 Å². The van der Waals surface area contributed by atoms with Crippen molar-refractivity contribution in [3.8, 4) is 11.1 Å². The predicted octanol–water partition coefficient (Wildman–Crippen LogP) is 7.11. The second kappa shape index (κ2) is 7.83. The topological polar surface area (TPSA) is 12.0 Å². The van der Waals surface area contributed by atoms with Crippen LogP contribution in [-0.4, -0.2) is 0 Å². The van der Waals surface area contributed by atoms with E-state index in [0.29, 0.717) is 0 Å². The summed E-state index contributed by atoms with van der Waals surface area (Å²) in [6.45, 7) is 11.8. The molecular weight excluding hydrogens is 429 g/mol. The number of hydrogen-bond acceptors (Lipinski definition) is 1. The maximum Gasteiger partial charge on any atom is 0.0425 e. The monoisotopic (exact) mass is 455 g/mol. The smallest absolute Gasteiger partial charge is 0.0425 e. The fraction of sp³-hybridized carbons (Fsp3) is 0.250. The van der Waals surface area contributed by atoms with Crippen LogP contribution in [0.1, 0.15) is 33.4 Å². The molecule has 0 fully saturated rings. The van der Waals surface area contributed by atoms with Gasteiger partial charge in [0.05, 0.1) is 0 Å². The van der Waals surface area contributed by atoms with E-state index >= 15 is 0 Å². The maximum atomic E-state index is 3.72. The number of benzene rings is 3. The number of hydrogen-bond donors (Lipinski definition) is 1. The van der Waals surface area contributed by atoms with E-state index < -0.39 is 0 Å². The highest BCUT2D eigenvalue weighted by Crippen LogP contribution is 2.37. The molecule has 3 aromatic rings. The lowest BCUT2D eigenvalue weighted by Gasteiger charge is -2.19. The van der Waals surface area contributed by atoms with E-state index in [-0.39, 0.29) is 0 Å². The second-order valence-corrected chi connectivity index (χ2v) is 8.32. The highest BCUT2D eigenvalue weighted by atomic mass is 127. The molecule has 1 nitrogen and oxygen atoms in total. The van der Waals surface area contributed by atoms with Crippen molar-refractivity contribution in [2.24, 2.45) is 0 Å². The van der Waals surface area contributed by atoms with Gasteiger partial charge in [-0.3, -0.25) is 0 Å². The largest absolute Gasteiger partial charge is 0.380 e. The lowest BCUT2D eigenvalue weighted by atomic mass is 9.94. The van der Waals surface area contributed by atoms with Gasteiger partial charge in [-0.05, 0) is 97.2 Å². The Labute approximate surface area is 171 Å². The Balaban J connectivity index is 2.02. The summed E-state index contributed by atoms with van der Waals surface area (Å²) in [7, 11) is 0. The molecule has 3 rings (SSSR count). The SMILES string of the molecule is Cc1cc(C)c(CNc2cccc(C)c2-c2c(C)cccc2I)c(C)c1. The first-order chi connectivity index (χ1) is 12.4. The van der Waals surface area contributed by atoms with Crippen molar-refractivity contribution < 1.29 is 0 Å². The number of rotatable bonds is 4. The highest BCUT2D eigenvalue weighted by molar-refractivity contribution is 14.1. The molecule has 0 bridgehead atoms. The average Bonchev–Trinajstić information content (AvgIpc) is 2.55. The van der Waals surface area contributed by atoms with Gasteiger partial charge in [0, 0.05) is 26.9 Å². The second-order valence-electron chi connectivity index (χ2n) is 7.16. The van der Waals surface area contributed by atoms with E-state index in [2.05, 4.69) is 111 Å². The zero-order valence-electron chi connectivity index (χ0n) is 16.2. The molecule has 0 atom stereocenters. The Hall–Kier alpha value is -1.81. The zero-order chi connectivity index (χ0) is 18.8. The molecule has 0 spiro atoms. The summed E-state index contributed by atoms with van der Waals surface area (Å²) in [6, 6.07) is 17.6. The first-order valence-electron chi connectivity index (χ1n) is 9.04. The first kappa shape index (κ1) is 19.0. The number of anilines is 1. The summed E-state index contributed by atoms with van der Waals surface area (Å²) in [4.78, 5) is 0. The standard InChI is InChI=1S/C24H26IN/c1-15-12-18(4)20(19(5)13-15)14-26-22-11-7-9-17(3)24(22)23-16(2)8-6-10-21(23)25/h6-13,26H,14H2,1-5H3. The molecule has 3 aromatic carbocycles. The van der Waals surface area contributed by atoms with E-state index in [1.165, 1.54) is 53.8 Å². The Morgan fingerprint density at radius 3 is 1.92 bits per heavy atom. The third kappa shape index (κ3) is 3.80. The van der Waals surface area contributed by atoms with Crippen molar-refractivity contribution in [2.75, 3.05) is 5.32 Å². The fourth-order valence-corrected chi connectivity index (χ4v) is 4.67. The molecule has 0 unspecified atom stereocenters. The quantitative estimate of drug-likeness (QED) is 0.414. The lowest BCUT2D eigenvalue weighted by molar-refractivity contribution is 1.08. The van der Waals surface area contributed by atoms with Gasteiger partial charge in [-0.25, -0.2) is 0 Å². The van der Waals surface area contributed by atoms with Crippen LogP contribution in [0, 0.1) is 38.2 Å². The summed E-state index contributed by atoms with van der Waals surface area (Å²) in [5.74, 6) is 0. The highest BCUT2D eigenvalue weighted by Gasteiger charge is 2.14. The minimum absolute atomic E-state index is 0.844. The molecule has 2 heteroatoms. The van der Waals surface area contributed by atoms with Crippen LogP contribution in [0.2, 0.25) is 0 Å². The normalized spacial score (nSPS) is 10.8. The number of halogens is 1. The van der Waals surface area contributed by atoms with Crippen LogP contribution in [-0.2, 0) is 6.54 Å². The summed E-state index contributed by atoms with van der Waals surface area (Å²) >= 11 is 2.45. The predicted molar refractivity (Wildman–Crippen MR) is 122 cm³/mol. The van der Waals surface area contributed by atoms with Gasteiger partial charge in [0.2, 0.25) is 0 Å². The summed E-state index contributed by atoms with van der Waals surface area (Å²) in [6.07, 6.45) is 0. The molecule has 26 heavy (non-hydrogen) atoms. The Morgan fingerprint density at radius 2 is 1.31 bits per heavy atom. The molecule has 1 N–H and O–H groups in total. The molecule has 0 saturated carbocycles. The van der Waals surface area contributed by atoms with Gasteiger partial charge in [-0.1, -0.05) is 42.0 Å².